The normalized spacial score (nSPS) is 14.1. The molecule has 5 rings (SSSR count). The number of para-hydroxylation sites is 1. The first-order chi connectivity index (χ1) is 15.6. The lowest BCUT2D eigenvalue weighted by Gasteiger charge is -2.36. The molecule has 1 aliphatic rings. The maximum atomic E-state index is 13.1. The summed E-state index contributed by atoms with van der Waals surface area (Å²) < 4.78 is 3.54. The van der Waals surface area contributed by atoms with E-state index in [9.17, 15) is 4.79 Å². The Morgan fingerprint density at radius 2 is 1.66 bits per heavy atom. The summed E-state index contributed by atoms with van der Waals surface area (Å²) in [6, 6.07) is 17.5. The van der Waals surface area contributed by atoms with Gasteiger partial charge < -0.3 is 9.80 Å². The van der Waals surface area contributed by atoms with Gasteiger partial charge in [-0.1, -0.05) is 24.3 Å². The van der Waals surface area contributed by atoms with Crippen molar-refractivity contribution in [1.29, 1.82) is 0 Å². The van der Waals surface area contributed by atoms with Crippen LogP contribution >= 0.6 is 0 Å². The molecule has 1 saturated heterocycles. The minimum Gasteiger partial charge on any atom is -0.365 e. The van der Waals surface area contributed by atoms with Crippen LogP contribution in [-0.2, 0) is 0 Å². The smallest absolute Gasteiger partial charge is 0.254 e. The molecule has 1 amide bonds. The average molecular weight is 429 g/mol. The molecular formula is C23H24N8O. The predicted molar refractivity (Wildman–Crippen MR) is 120 cm³/mol. The van der Waals surface area contributed by atoms with E-state index in [1.165, 1.54) is 6.33 Å². The van der Waals surface area contributed by atoms with Gasteiger partial charge in [-0.05, 0) is 54.6 Å². The van der Waals surface area contributed by atoms with E-state index >= 15 is 0 Å². The lowest BCUT2D eigenvalue weighted by Crippen LogP contribution is -2.49. The van der Waals surface area contributed by atoms with Gasteiger partial charge in [0.2, 0.25) is 0 Å². The fraction of sp³-hybridized carbons (Fsp3) is 0.261. The molecule has 1 aliphatic heterocycles. The van der Waals surface area contributed by atoms with Gasteiger partial charge in [-0.25, -0.2) is 9.36 Å². The van der Waals surface area contributed by atoms with Crippen LogP contribution < -0.4 is 4.90 Å². The van der Waals surface area contributed by atoms with E-state index in [1.807, 2.05) is 59.0 Å². The van der Waals surface area contributed by atoms with E-state index < -0.39 is 0 Å². The van der Waals surface area contributed by atoms with Gasteiger partial charge in [0.1, 0.15) is 6.33 Å². The number of amides is 1. The second-order valence-corrected chi connectivity index (χ2v) is 7.85. The van der Waals surface area contributed by atoms with Gasteiger partial charge in [-0.2, -0.15) is 5.10 Å². The van der Waals surface area contributed by atoms with Gasteiger partial charge in [-0.15, -0.1) is 5.10 Å². The maximum Gasteiger partial charge on any atom is 0.254 e. The quantitative estimate of drug-likeness (QED) is 0.496. The summed E-state index contributed by atoms with van der Waals surface area (Å²) in [5.74, 6) is 0.0213. The van der Waals surface area contributed by atoms with E-state index in [2.05, 4.69) is 39.5 Å². The molecule has 32 heavy (non-hydrogen) atoms. The van der Waals surface area contributed by atoms with Crippen molar-refractivity contribution in [3.05, 3.63) is 77.9 Å². The van der Waals surface area contributed by atoms with Gasteiger partial charge in [0.15, 0.2) is 0 Å². The van der Waals surface area contributed by atoms with Crippen LogP contribution in [0.1, 0.15) is 21.7 Å². The lowest BCUT2D eigenvalue weighted by atomic mass is 10.1. The van der Waals surface area contributed by atoms with Crippen molar-refractivity contribution in [3.63, 3.8) is 0 Å². The van der Waals surface area contributed by atoms with Crippen molar-refractivity contribution in [2.24, 2.45) is 0 Å². The Kier molecular flexibility index (Phi) is 5.14. The molecule has 0 unspecified atom stereocenters. The summed E-state index contributed by atoms with van der Waals surface area (Å²) in [6.07, 6.45) is 1.52. The van der Waals surface area contributed by atoms with Crippen LogP contribution in [0.15, 0.2) is 60.9 Å². The van der Waals surface area contributed by atoms with Crippen molar-refractivity contribution < 1.29 is 4.79 Å². The first kappa shape index (κ1) is 19.9. The van der Waals surface area contributed by atoms with Crippen LogP contribution in [0, 0.1) is 13.8 Å². The number of aromatic nitrogens is 6. The standard InChI is InChI=1S/C23H24N8O/c1-17-22(18(2)31(25-17)20-8-4-3-5-9-20)28-11-13-29(14-12-28)23(32)19-7-6-10-21(15-19)30-16-24-26-27-30/h3-10,15-16H,11-14H2,1-2H3. The number of piperazine rings is 1. The highest BCUT2D eigenvalue weighted by atomic mass is 16.2. The van der Waals surface area contributed by atoms with Gasteiger partial charge >= 0.3 is 0 Å². The van der Waals surface area contributed by atoms with E-state index in [4.69, 9.17) is 5.10 Å². The molecule has 0 N–H and O–H groups in total. The third-order valence-corrected chi connectivity index (χ3v) is 5.84. The van der Waals surface area contributed by atoms with Crippen LogP contribution in [0.5, 0.6) is 0 Å². The van der Waals surface area contributed by atoms with Crippen LogP contribution in [-0.4, -0.2) is 67.0 Å². The van der Waals surface area contributed by atoms with Crippen molar-refractivity contribution in [2.75, 3.05) is 31.1 Å². The molecule has 0 saturated carbocycles. The summed E-state index contributed by atoms with van der Waals surface area (Å²) in [7, 11) is 0. The Bertz CT molecular complexity index is 1220. The van der Waals surface area contributed by atoms with Gasteiger partial charge in [0.05, 0.1) is 28.5 Å². The Morgan fingerprint density at radius 1 is 0.906 bits per heavy atom. The summed E-state index contributed by atoms with van der Waals surface area (Å²) >= 11 is 0. The molecule has 0 spiro atoms. The highest BCUT2D eigenvalue weighted by Crippen LogP contribution is 2.28. The number of hydrogen-bond donors (Lipinski definition) is 0. The highest BCUT2D eigenvalue weighted by molar-refractivity contribution is 5.95. The van der Waals surface area contributed by atoms with Crippen molar-refractivity contribution in [2.45, 2.75) is 13.8 Å². The Hall–Kier alpha value is -4.01. The van der Waals surface area contributed by atoms with E-state index in [0.29, 0.717) is 18.7 Å². The second kappa shape index (κ2) is 8.26. The van der Waals surface area contributed by atoms with Crippen molar-refractivity contribution >= 4 is 11.6 Å². The molecule has 2 aromatic carbocycles. The monoisotopic (exact) mass is 428 g/mol. The van der Waals surface area contributed by atoms with E-state index in [1.54, 1.807) is 4.68 Å². The average Bonchev–Trinajstić information content (AvgIpc) is 3.48. The fourth-order valence-electron chi connectivity index (χ4n) is 4.29. The van der Waals surface area contributed by atoms with Crippen LogP contribution in [0.2, 0.25) is 0 Å². The molecule has 1 fully saturated rings. The maximum absolute atomic E-state index is 13.1. The third kappa shape index (κ3) is 3.62. The number of nitrogens with zero attached hydrogens (tertiary/aromatic N) is 8. The molecule has 2 aromatic heterocycles. The summed E-state index contributed by atoms with van der Waals surface area (Å²) in [4.78, 5) is 17.4. The molecule has 0 aliphatic carbocycles. The van der Waals surface area contributed by atoms with E-state index in [-0.39, 0.29) is 5.91 Å². The first-order valence-corrected chi connectivity index (χ1v) is 10.6. The lowest BCUT2D eigenvalue weighted by molar-refractivity contribution is 0.0746. The number of benzene rings is 2. The minimum absolute atomic E-state index is 0.0213. The third-order valence-electron chi connectivity index (χ3n) is 5.84. The number of carbonyl (C=O) groups is 1. The molecule has 0 atom stereocenters. The zero-order valence-corrected chi connectivity index (χ0v) is 18.1. The van der Waals surface area contributed by atoms with Gasteiger partial charge in [-0.3, -0.25) is 4.79 Å². The van der Waals surface area contributed by atoms with Crippen LogP contribution in [0.4, 0.5) is 5.69 Å². The number of rotatable bonds is 4. The molecule has 9 heteroatoms. The fourth-order valence-corrected chi connectivity index (χ4v) is 4.29. The van der Waals surface area contributed by atoms with Crippen LogP contribution in [0.25, 0.3) is 11.4 Å². The molecule has 162 valence electrons. The number of hydrogen-bond acceptors (Lipinski definition) is 6. The molecular weight excluding hydrogens is 404 g/mol. The van der Waals surface area contributed by atoms with Crippen LogP contribution in [0.3, 0.4) is 0 Å². The van der Waals surface area contributed by atoms with Crippen molar-refractivity contribution in [3.8, 4) is 11.4 Å². The largest absolute Gasteiger partial charge is 0.365 e. The SMILES string of the molecule is Cc1nn(-c2ccccc2)c(C)c1N1CCN(C(=O)c2cccc(-n3cnnn3)c2)CC1. The number of aryl methyl sites for hydroxylation is 1. The van der Waals surface area contributed by atoms with Gasteiger partial charge in [0.25, 0.3) is 5.91 Å². The Morgan fingerprint density at radius 3 is 2.38 bits per heavy atom. The topological polar surface area (TPSA) is 85.0 Å². The minimum atomic E-state index is 0.0213. The Labute approximate surface area is 185 Å². The van der Waals surface area contributed by atoms with E-state index in [0.717, 1.165) is 41.5 Å². The zero-order chi connectivity index (χ0) is 22.1. The molecule has 0 bridgehead atoms. The summed E-state index contributed by atoms with van der Waals surface area (Å²) in [5.41, 5.74) is 5.72. The summed E-state index contributed by atoms with van der Waals surface area (Å²) in [6.45, 7) is 6.99. The molecule has 0 radical (unpaired) electrons. The predicted octanol–water partition coefficient (Wildman–Crippen LogP) is 2.43. The molecule has 9 nitrogen and oxygen atoms in total. The Balaban J connectivity index is 1.30. The molecule has 4 aromatic rings. The second-order valence-electron chi connectivity index (χ2n) is 7.85. The van der Waals surface area contributed by atoms with Gasteiger partial charge in [0, 0.05) is 31.7 Å². The number of carbonyl (C=O) groups excluding carboxylic acids is 1. The first-order valence-electron chi connectivity index (χ1n) is 10.6. The summed E-state index contributed by atoms with van der Waals surface area (Å²) in [5, 5.41) is 16.0. The number of tetrazole rings is 1. The van der Waals surface area contributed by atoms with Crippen molar-refractivity contribution in [1.82, 2.24) is 34.9 Å². The highest BCUT2D eigenvalue weighted by Gasteiger charge is 2.26. The molecule has 3 heterocycles. The zero-order valence-electron chi connectivity index (χ0n) is 18.1. The number of anilines is 1.